The standard InChI is InChI=1S/C21H23F2NO2/c22-19-2-1-3-20(23)21(19)26-18-10-15-12-24(13-16(15)11-18)9-8-14-4-6-17(25)7-5-14/h1-7,15-16,18,25H,8-13H2/t15-,16+,18+. The minimum Gasteiger partial charge on any atom is -0.508 e. The lowest BCUT2D eigenvalue weighted by Crippen LogP contribution is -2.26. The number of aromatic hydroxyl groups is 1. The van der Waals surface area contributed by atoms with Crippen LogP contribution in [-0.2, 0) is 6.42 Å². The molecule has 3 atom stereocenters. The van der Waals surface area contributed by atoms with E-state index in [1.165, 1.54) is 23.8 Å². The van der Waals surface area contributed by atoms with Crippen molar-refractivity contribution in [2.75, 3.05) is 19.6 Å². The van der Waals surface area contributed by atoms with E-state index in [9.17, 15) is 13.9 Å². The highest BCUT2D eigenvalue weighted by Gasteiger charge is 2.41. The number of fused-ring (bicyclic) bond motifs is 1. The second-order valence-electron chi connectivity index (χ2n) is 7.46. The molecule has 2 aliphatic rings. The van der Waals surface area contributed by atoms with Crippen LogP contribution in [0, 0.1) is 23.5 Å². The first kappa shape index (κ1) is 17.3. The summed E-state index contributed by atoms with van der Waals surface area (Å²) in [6, 6.07) is 11.2. The Hall–Kier alpha value is -2.14. The molecule has 1 saturated carbocycles. The molecule has 5 heteroatoms. The number of phenolic OH excluding ortho intramolecular Hbond substituents is 1. The minimum atomic E-state index is -0.627. The Kier molecular flexibility index (Phi) is 4.81. The zero-order valence-electron chi connectivity index (χ0n) is 14.6. The Labute approximate surface area is 152 Å². The maximum Gasteiger partial charge on any atom is 0.191 e. The first-order valence-electron chi connectivity index (χ1n) is 9.19. The number of hydrogen-bond donors (Lipinski definition) is 1. The first-order chi connectivity index (χ1) is 12.6. The third kappa shape index (κ3) is 3.68. The monoisotopic (exact) mass is 359 g/mol. The highest BCUT2D eigenvalue weighted by Crippen LogP contribution is 2.40. The Morgan fingerprint density at radius 3 is 2.19 bits per heavy atom. The maximum absolute atomic E-state index is 13.8. The molecule has 0 unspecified atom stereocenters. The molecule has 0 bridgehead atoms. The van der Waals surface area contributed by atoms with E-state index in [4.69, 9.17) is 4.74 Å². The van der Waals surface area contributed by atoms with Crippen molar-refractivity contribution < 1.29 is 18.6 Å². The molecule has 0 radical (unpaired) electrons. The van der Waals surface area contributed by atoms with Crippen molar-refractivity contribution in [3.05, 3.63) is 59.7 Å². The summed E-state index contributed by atoms with van der Waals surface area (Å²) in [7, 11) is 0. The Bertz CT molecular complexity index is 731. The molecule has 0 aromatic heterocycles. The smallest absolute Gasteiger partial charge is 0.191 e. The van der Waals surface area contributed by atoms with Crippen LogP contribution in [0.3, 0.4) is 0 Å². The van der Waals surface area contributed by atoms with Gasteiger partial charge >= 0.3 is 0 Å². The van der Waals surface area contributed by atoms with Crippen LogP contribution in [0.4, 0.5) is 8.78 Å². The summed E-state index contributed by atoms with van der Waals surface area (Å²) < 4.78 is 33.2. The lowest BCUT2D eigenvalue weighted by Gasteiger charge is -2.20. The fourth-order valence-corrected chi connectivity index (χ4v) is 4.33. The zero-order valence-corrected chi connectivity index (χ0v) is 14.6. The van der Waals surface area contributed by atoms with Gasteiger partial charge in [-0.05, 0) is 60.9 Å². The van der Waals surface area contributed by atoms with E-state index in [0.29, 0.717) is 17.6 Å². The van der Waals surface area contributed by atoms with Gasteiger partial charge in [0.2, 0.25) is 0 Å². The molecule has 1 saturated heterocycles. The number of likely N-dealkylation sites (tertiary alicyclic amines) is 1. The van der Waals surface area contributed by atoms with Gasteiger partial charge in [0.25, 0.3) is 0 Å². The molecule has 4 rings (SSSR count). The SMILES string of the molecule is Oc1ccc(CCN2C[C@H]3C[C@H](Oc4c(F)cccc4F)C[C@H]3C2)cc1. The molecule has 2 aromatic carbocycles. The van der Waals surface area contributed by atoms with Crippen LogP contribution < -0.4 is 4.74 Å². The van der Waals surface area contributed by atoms with Crippen molar-refractivity contribution in [2.24, 2.45) is 11.8 Å². The second kappa shape index (κ2) is 7.23. The third-order valence-electron chi connectivity index (χ3n) is 5.64. The van der Waals surface area contributed by atoms with Gasteiger partial charge in [-0.1, -0.05) is 18.2 Å². The van der Waals surface area contributed by atoms with Crippen molar-refractivity contribution in [2.45, 2.75) is 25.4 Å². The van der Waals surface area contributed by atoms with Gasteiger partial charge in [-0.15, -0.1) is 0 Å². The van der Waals surface area contributed by atoms with E-state index < -0.39 is 11.6 Å². The van der Waals surface area contributed by atoms with Crippen molar-refractivity contribution in [3.8, 4) is 11.5 Å². The molecular formula is C21H23F2NO2. The predicted octanol–water partition coefficient (Wildman–Crippen LogP) is 4.00. The van der Waals surface area contributed by atoms with E-state index in [0.717, 1.165) is 38.9 Å². The van der Waals surface area contributed by atoms with Gasteiger partial charge in [0.1, 0.15) is 5.75 Å². The third-order valence-corrected chi connectivity index (χ3v) is 5.64. The molecule has 0 amide bonds. The summed E-state index contributed by atoms with van der Waals surface area (Å²) in [4.78, 5) is 2.46. The summed E-state index contributed by atoms with van der Waals surface area (Å²) in [6.45, 7) is 3.02. The van der Waals surface area contributed by atoms with Gasteiger partial charge in [0, 0.05) is 19.6 Å². The number of rotatable bonds is 5. The fourth-order valence-electron chi connectivity index (χ4n) is 4.33. The van der Waals surface area contributed by atoms with Crippen LogP contribution in [0.1, 0.15) is 18.4 Å². The molecule has 138 valence electrons. The highest BCUT2D eigenvalue weighted by atomic mass is 19.1. The van der Waals surface area contributed by atoms with Gasteiger partial charge in [0.05, 0.1) is 6.10 Å². The number of halogens is 2. The number of para-hydroxylation sites is 1. The first-order valence-corrected chi connectivity index (χ1v) is 9.19. The summed E-state index contributed by atoms with van der Waals surface area (Å²) in [5.74, 6) is -0.122. The van der Waals surface area contributed by atoms with Crippen LogP contribution >= 0.6 is 0 Å². The molecule has 2 aromatic rings. The molecule has 1 heterocycles. The average Bonchev–Trinajstić information content (AvgIpc) is 3.16. The van der Waals surface area contributed by atoms with Gasteiger partial charge < -0.3 is 14.7 Å². The molecule has 1 aliphatic carbocycles. The molecule has 3 nitrogen and oxygen atoms in total. The Balaban J connectivity index is 1.28. The second-order valence-corrected chi connectivity index (χ2v) is 7.46. The van der Waals surface area contributed by atoms with E-state index in [-0.39, 0.29) is 11.9 Å². The summed E-state index contributed by atoms with van der Waals surface area (Å²) >= 11 is 0. The molecule has 1 aliphatic heterocycles. The van der Waals surface area contributed by atoms with Crippen LogP contribution in [-0.4, -0.2) is 35.7 Å². The van der Waals surface area contributed by atoms with E-state index >= 15 is 0 Å². The fraction of sp³-hybridized carbons (Fsp3) is 0.429. The van der Waals surface area contributed by atoms with Crippen LogP contribution in [0.2, 0.25) is 0 Å². The van der Waals surface area contributed by atoms with Crippen molar-refractivity contribution in [1.82, 2.24) is 4.90 Å². The molecular weight excluding hydrogens is 336 g/mol. The topological polar surface area (TPSA) is 32.7 Å². The van der Waals surface area contributed by atoms with Gasteiger partial charge in [0.15, 0.2) is 17.4 Å². The highest BCUT2D eigenvalue weighted by molar-refractivity contribution is 5.27. The van der Waals surface area contributed by atoms with E-state index in [2.05, 4.69) is 4.90 Å². The maximum atomic E-state index is 13.8. The van der Waals surface area contributed by atoms with Gasteiger partial charge in [-0.25, -0.2) is 8.78 Å². The molecule has 26 heavy (non-hydrogen) atoms. The van der Waals surface area contributed by atoms with E-state index in [1.807, 2.05) is 12.1 Å². The molecule has 0 spiro atoms. The molecule has 2 fully saturated rings. The Morgan fingerprint density at radius 1 is 0.962 bits per heavy atom. The van der Waals surface area contributed by atoms with E-state index in [1.54, 1.807) is 12.1 Å². The quantitative estimate of drug-likeness (QED) is 0.876. The van der Waals surface area contributed by atoms with Crippen LogP contribution in [0.15, 0.2) is 42.5 Å². The van der Waals surface area contributed by atoms with Crippen LogP contribution in [0.25, 0.3) is 0 Å². The van der Waals surface area contributed by atoms with Gasteiger partial charge in [-0.3, -0.25) is 0 Å². The largest absolute Gasteiger partial charge is 0.508 e. The lowest BCUT2D eigenvalue weighted by molar-refractivity contribution is 0.171. The van der Waals surface area contributed by atoms with Crippen molar-refractivity contribution in [3.63, 3.8) is 0 Å². The number of nitrogens with zero attached hydrogens (tertiary/aromatic N) is 1. The number of ether oxygens (including phenoxy) is 1. The average molecular weight is 359 g/mol. The number of hydrogen-bond acceptors (Lipinski definition) is 3. The summed E-state index contributed by atoms with van der Waals surface area (Å²) in [6.07, 6.45) is 2.57. The summed E-state index contributed by atoms with van der Waals surface area (Å²) in [5.41, 5.74) is 1.22. The number of benzene rings is 2. The molecule has 1 N–H and O–H groups in total. The zero-order chi connectivity index (χ0) is 18.1. The normalized spacial score (nSPS) is 25.4. The van der Waals surface area contributed by atoms with Crippen LogP contribution in [0.5, 0.6) is 11.5 Å². The predicted molar refractivity (Wildman–Crippen MR) is 95.2 cm³/mol. The minimum absolute atomic E-state index is 0.101. The van der Waals surface area contributed by atoms with Crippen molar-refractivity contribution in [1.29, 1.82) is 0 Å². The van der Waals surface area contributed by atoms with Crippen molar-refractivity contribution >= 4 is 0 Å². The number of phenols is 1. The lowest BCUT2D eigenvalue weighted by atomic mass is 10.0. The summed E-state index contributed by atoms with van der Waals surface area (Å²) in [5, 5.41) is 9.34. The van der Waals surface area contributed by atoms with Gasteiger partial charge in [-0.2, -0.15) is 0 Å². The Morgan fingerprint density at radius 2 is 1.58 bits per heavy atom.